The third-order valence-corrected chi connectivity index (χ3v) is 8.44. The van der Waals surface area contributed by atoms with E-state index in [1.807, 2.05) is 54.6 Å². The molecule has 0 N–H and O–H groups in total. The van der Waals surface area contributed by atoms with Gasteiger partial charge in [-0.05, 0) is 41.0 Å². The van der Waals surface area contributed by atoms with Gasteiger partial charge in [0, 0.05) is 24.5 Å². The molecule has 0 aromatic heterocycles. The van der Waals surface area contributed by atoms with E-state index >= 15 is 0 Å². The Bertz CT molecular complexity index is 1260. The zero-order chi connectivity index (χ0) is 33.8. The van der Waals surface area contributed by atoms with Gasteiger partial charge in [0.15, 0.2) is 0 Å². The van der Waals surface area contributed by atoms with Gasteiger partial charge < -0.3 is 47.7 Å². The highest BCUT2D eigenvalue weighted by Crippen LogP contribution is 2.40. The quantitative estimate of drug-likeness (QED) is 0.363. The molecule has 0 radical (unpaired) electrons. The highest BCUT2D eigenvalue weighted by Gasteiger charge is 2.37. The summed E-state index contributed by atoms with van der Waals surface area (Å²) in [7, 11) is 0. The van der Waals surface area contributed by atoms with E-state index in [0.29, 0.717) is 119 Å². The van der Waals surface area contributed by atoms with Gasteiger partial charge in [0.05, 0.1) is 98.6 Å². The molecule has 2 aliphatic rings. The normalized spacial score (nSPS) is 19.2. The number of anilines is 2. The molecule has 11 heteroatoms. The summed E-state index contributed by atoms with van der Waals surface area (Å²) in [6, 6.07) is 29.0. The highest BCUT2D eigenvalue weighted by atomic mass is 16.6. The topological polar surface area (TPSA) is 104 Å². The minimum absolute atomic E-state index is 0.401. The van der Waals surface area contributed by atoms with Crippen molar-refractivity contribution in [2.75, 3.05) is 129 Å². The van der Waals surface area contributed by atoms with E-state index in [2.05, 4.69) is 40.1 Å². The summed E-state index contributed by atoms with van der Waals surface area (Å²) in [5.74, 6) is 0. The van der Waals surface area contributed by atoms with Crippen molar-refractivity contribution in [2.24, 2.45) is 0 Å². The van der Waals surface area contributed by atoms with Gasteiger partial charge in [-0.1, -0.05) is 54.6 Å². The SMILES string of the molecule is N#CC(c1ccccc1)(c1ccc(N2CCOCCOCCOCCOC2)cc1)c1ccc(N2CCOCCOCCOCCOC2)cc1. The molecule has 2 aliphatic heterocycles. The van der Waals surface area contributed by atoms with Crippen molar-refractivity contribution in [1.82, 2.24) is 0 Å². The third kappa shape index (κ3) is 11.0. The zero-order valence-electron chi connectivity index (χ0n) is 28.3. The van der Waals surface area contributed by atoms with Crippen molar-refractivity contribution in [1.29, 1.82) is 5.26 Å². The van der Waals surface area contributed by atoms with Crippen molar-refractivity contribution in [3.05, 3.63) is 95.6 Å². The Morgan fingerprint density at radius 3 is 1.10 bits per heavy atom. The van der Waals surface area contributed by atoms with Gasteiger partial charge in [-0.25, -0.2) is 0 Å². The van der Waals surface area contributed by atoms with Gasteiger partial charge in [-0.15, -0.1) is 0 Å². The molecular formula is C38H49N3O8. The molecule has 11 nitrogen and oxygen atoms in total. The summed E-state index contributed by atoms with van der Waals surface area (Å²) in [6.45, 7) is 9.47. The first-order valence-electron chi connectivity index (χ1n) is 17.1. The average Bonchev–Trinajstić information content (AvgIpc) is 3.15. The first-order chi connectivity index (χ1) is 24.3. The highest BCUT2D eigenvalue weighted by molar-refractivity contribution is 5.61. The van der Waals surface area contributed by atoms with Crippen LogP contribution in [0.5, 0.6) is 0 Å². The average molecular weight is 676 g/mol. The third-order valence-electron chi connectivity index (χ3n) is 8.44. The van der Waals surface area contributed by atoms with E-state index in [1.165, 1.54) is 0 Å². The number of nitriles is 1. The lowest BCUT2D eigenvalue weighted by Gasteiger charge is -2.31. The molecule has 3 aromatic carbocycles. The van der Waals surface area contributed by atoms with Crippen molar-refractivity contribution in [3.63, 3.8) is 0 Å². The van der Waals surface area contributed by atoms with E-state index < -0.39 is 5.41 Å². The molecule has 2 heterocycles. The fourth-order valence-corrected chi connectivity index (χ4v) is 5.78. The monoisotopic (exact) mass is 675 g/mol. The minimum Gasteiger partial charge on any atom is -0.377 e. The molecule has 2 fully saturated rings. The Morgan fingerprint density at radius 2 is 0.735 bits per heavy atom. The van der Waals surface area contributed by atoms with E-state index in [9.17, 15) is 5.26 Å². The van der Waals surface area contributed by atoms with Gasteiger partial charge >= 0.3 is 0 Å². The van der Waals surface area contributed by atoms with Crippen LogP contribution in [-0.4, -0.2) is 119 Å². The second-order valence-corrected chi connectivity index (χ2v) is 11.6. The zero-order valence-corrected chi connectivity index (χ0v) is 28.3. The molecule has 2 saturated heterocycles. The number of benzene rings is 3. The fourth-order valence-electron chi connectivity index (χ4n) is 5.78. The summed E-state index contributed by atoms with van der Waals surface area (Å²) in [5.41, 5.74) is 3.57. The first-order valence-corrected chi connectivity index (χ1v) is 17.1. The molecule has 3 aromatic rings. The molecule has 0 atom stereocenters. The Hall–Kier alpha value is -3.57. The van der Waals surface area contributed by atoms with Gasteiger partial charge in [0.2, 0.25) is 0 Å². The summed E-state index contributed by atoms with van der Waals surface area (Å²) in [4.78, 5) is 4.26. The largest absolute Gasteiger partial charge is 0.377 e. The van der Waals surface area contributed by atoms with E-state index in [0.717, 1.165) is 28.1 Å². The Kier molecular flexibility index (Phi) is 15.6. The molecule has 0 spiro atoms. The lowest BCUT2D eigenvalue weighted by molar-refractivity contribution is -0.00690. The summed E-state index contributed by atoms with van der Waals surface area (Å²) in [5, 5.41) is 11.0. The fraction of sp³-hybridized carbons (Fsp3) is 0.500. The summed E-state index contributed by atoms with van der Waals surface area (Å²) >= 11 is 0. The summed E-state index contributed by atoms with van der Waals surface area (Å²) < 4.78 is 45.7. The van der Waals surface area contributed by atoms with Crippen molar-refractivity contribution < 1.29 is 37.9 Å². The minimum atomic E-state index is -1.04. The van der Waals surface area contributed by atoms with Gasteiger partial charge in [-0.3, -0.25) is 0 Å². The van der Waals surface area contributed by atoms with Crippen LogP contribution in [0.3, 0.4) is 0 Å². The first kappa shape index (κ1) is 36.7. The molecule has 0 bridgehead atoms. The standard InChI is InChI=1S/C38H49N3O8/c39-30-38(33-4-2-1-3-5-33,34-6-10-36(11-7-34)40-14-16-42-18-20-44-22-24-46-26-28-48-31-40)35-8-12-37(13-9-35)41-15-17-43-19-21-45-23-25-47-27-29-49-32-41/h1-13H,14-29,31-32H2. The van der Waals surface area contributed by atoms with E-state index in [-0.39, 0.29) is 0 Å². The van der Waals surface area contributed by atoms with E-state index in [1.54, 1.807) is 0 Å². The van der Waals surface area contributed by atoms with Crippen LogP contribution in [0.25, 0.3) is 0 Å². The van der Waals surface area contributed by atoms with E-state index in [4.69, 9.17) is 37.9 Å². The molecule has 0 saturated carbocycles. The van der Waals surface area contributed by atoms with Crippen LogP contribution in [-0.2, 0) is 43.3 Å². The van der Waals surface area contributed by atoms with Crippen LogP contribution in [0.4, 0.5) is 11.4 Å². The van der Waals surface area contributed by atoms with Crippen molar-refractivity contribution in [3.8, 4) is 6.07 Å². The second-order valence-electron chi connectivity index (χ2n) is 11.6. The second kappa shape index (κ2) is 20.8. The molecule has 5 rings (SSSR count). The van der Waals surface area contributed by atoms with Crippen molar-refractivity contribution in [2.45, 2.75) is 5.41 Å². The molecule has 0 amide bonds. The van der Waals surface area contributed by atoms with Crippen LogP contribution < -0.4 is 9.80 Å². The maximum atomic E-state index is 11.0. The lowest BCUT2D eigenvalue weighted by Crippen LogP contribution is -2.32. The van der Waals surface area contributed by atoms with Crippen LogP contribution in [0.15, 0.2) is 78.9 Å². The van der Waals surface area contributed by atoms with Crippen LogP contribution in [0.2, 0.25) is 0 Å². The van der Waals surface area contributed by atoms with Gasteiger partial charge in [0.25, 0.3) is 0 Å². The molecule has 0 unspecified atom stereocenters. The predicted molar refractivity (Wildman–Crippen MR) is 186 cm³/mol. The predicted octanol–water partition coefficient (Wildman–Crippen LogP) is 4.23. The number of hydrogen-bond donors (Lipinski definition) is 0. The number of hydrogen-bond acceptors (Lipinski definition) is 11. The number of rotatable bonds is 5. The molecule has 264 valence electrons. The summed E-state index contributed by atoms with van der Waals surface area (Å²) in [6.07, 6.45) is 0. The van der Waals surface area contributed by atoms with Crippen LogP contribution in [0, 0.1) is 11.3 Å². The van der Waals surface area contributed by atoms with Crippen LogP contribution in [0.1, 0.15) is 16.7 Å². The maximum Gasteiger partial charge on any atom is 0.132 e. The Morgan fingerprint density at radius 1 is 0.408 bits per heavy atom. The lowest BCUT2D eigenvalue weighted by atomic mass is 9.70. The smallest absolute Gasteiger partial charge is 0.132 e. The number of nitrogens with zero attached hydrogens (tertiary/aromatic N) is 3. The molecular weight excluding hydrogens is 626 g/mol. The van der Waals surface area contributed by atoms with Crippen LogP contribution >= 0.6 is 0 Å². The maximum absolute atomic E-state index is 11.0. The Balaban J connectivity index is 1.37. The van der Waals surface area contributed by atoms with Gasteiger partial charge in [0.1, 0.15) is 18.9 Å². The Labute approximate surface area is 290 Å². The molecule has 0 aliphatic carbocycles. The van der Waals surface area contributed by atoms with Crippen molar-refractivity contribution >= 4 is 11.4 Å². The molecule has 49 heavy (non-hydrogen) atoms. The number of ether oxygens (including phenoxy) is 8. The van der Waals surface area contributed by atoms with Gasteiger partial charge in [-0.2, -0.15) is 5.26 Å².